The van der Waals surface area contributed by atoms with Crippen molar-refractivity contribution in [3.63, 3.8) is 0 Å². The summed E-state index contributed by atoms with van der Waals surface area (Å²) in [5.74, 6) is -3.10. The van der Waals surface area contributed by atoms with Crippen LogP contribution in [0.5, 0.6) is 5.75 Å². The number of benzene rings is 2. The molecule has 1 aromatic heterocycles. The van der Waals surface area contributed by atoms with E-state index in [1.54, 1.807) is 4.90 Å². The van der Waals surface area contributed by atoms with Crippen LogP contribution >= 0.6 is 0 Å². The number of aromatic hydroxyl groups is 1. The van der Waals surface area contributed by atoms with Gasteiger partial charge in [0.2, 0.25) is 5.43 Å². The molecule has 1 fully saturated rings. The number of carbonyl (C=O) groups is 1. The van der Waals surface area contributed by atoms with E-state index in [9.17, 15) is 23.5 Å². The highest BCUT2D eigenvalue weighted by molar-refractivity contribution is 5.96. The van der Waals surface area contributed by atoms with Crippen LogP contribution in [0.1, 0.15) is 46.4 Å². The molecular weight excluding hydrogens is 404 g/mol. The number of hydrogen-bond donors (Lipinski definition) is 1. The minimum atomic E-state index is -0.746. The summed E-state index contributed by atoms with van der Waals surface area (Å²) in [5.41, 5.74) is 0.239. The molecule has 3 atom stereocenters. The summed E-state index contributed by atoms with van der Waals surface area (Å²) >= 11 is 0. The highest BCUT2D eigenvalue weighted by Gasteiger charge is 2.48. The number of halogens is 2. The van der Waals surface area contributed by atoms with Crippen LogP contribution in [-0.2, 0) is 0 Å². The molecule has 3 heterocycles. The van der Waals surface area contributed by atoms with Crippen LogP contribution in [0, 0.1) is 11.6 Å². The number of amides is 1. The molecule has 3 aromatic rings. The number of fused-ring (bicyclic) bond motifs is 2. The van der Waals surface area contributed by atoms with Gasteiger partial charge in [-0.25, -0.2) is 8.78 Å². The predicted octanol–water partition coefficient (Wildman–Crippen LogP) is 3.22. The van der Waals surface area contributed by atoms with Crippen LogP contribution in [0.3, 0.4) is 0 Å². The molecule has 2 aromatic carbocycles. The molecule has 0 saturated carbocycles. The van der Waals surface area contributed by atoms with Gasteiger partial charge in [-0.15, -0.1) is 0 Å². The second-order valence-electron chi connectivity index (χ2n) is 7.94. The first-order valence-electron chi connectivity index (χ1n) is 10.1. The molecule has 158 valence electrons. The van der Waals surface area contributed by atoms with Gasteiger partial charge in [-0.3, -0.25) is 14.3 Å². The first kappa shape index (κ1) is 19.4. The molecule has 0 radical (unpaired) electrons. The third-order valence-electron chi connectivity index (χ3n) is 6.17. The lowest BCUT2D eigenvalue weighted by molar-refractivity contribution is 0.0565. The fourth-order valence-electron chi connectivity index (χ4n) is 4.95. The zero-order chi connectivity index (χ0) is 21.7. The molecule has 6 nitrogen and oxygen atoms in total. The van der Waals surface area contributed by atoms with Crippen molar-refractivity contribution in [1.82, 2.24) is 14.7 Å². The summed E-state index contributed by atoms with van der Waals surface area (Å²) < 4.78 is 29.8. The molecule has 1 saturated heterocycles. The van der Waals surface area contributed by atoms with Crippen LogP contribution in [0.2, 0.25) is 0 Å². The first-order chi connectivity index (χ1) is 15.0. The molecule has 8 heteroatoms. The van der Waals surface area contributed by atoms with Crippen LogP contribution in [-0.4, -0.2) is 38.3 Å². The lowest BCUT2D eigenvalue weighted by atomic mass is 9.80. The van der Waals surface area contributed by atoms with Gasteiger partial charge < -0.3 is 10.0 Å². The quantitative estimate of drug-likeness (QED) is 0.702. The molecule has 31 heavy (non-hydrogen) atoms. The van der Waals surface area contributed by atoms with Gasteiger partial charge in [0.25, 0.3) is 5.91 Å². The Bertz CT molecular complexity index is 1210. The van der Waals surface area contributed by atoms with Crippen molar-refractivity contribution >= 4 is 5.91 Å². The SMILES string of the molecule is O=C1c2c(O)c(=O)cnn2[C@@H]([C@@H](c2ccccc2)c2cc(F)cc(F)c2)[C@H]2CCCN12. The summed E-state index contributed by atoms with van der Waals surface area (Å²) in [6, 6.07) is 11.7. The molecule has 1 amide bonds. The van der Waals surface area contributed by atoms with Crippen LogP contribution < -0.4 is 5.43 Å². The second-order valence-corrected chi connectivity index (χ2v) is 7.94. The fourth-order valence-corrected chi connectivity index (χ4v) is 4.95. The van der Waals surface area contributed by atoms with Gasteiger partial charge in [0.1, 0.15) is 11.6 Å². The Labute approximate surface area is 176 Å². The highest BCUT2D eigenvalue weighted by atomic mass is 19.1. The van der Waals surface area contributed by atoms with Crippen LogP contribution in [0.15, 0.2) is 59.5 Å². The zero-order valence-corrected chi connectivity index (χ0v) is 16.4. The largest absolute Gasteiger partial charge is 0.502 e. The Kier molecular flexibility index (Phi) is 4.57. The van der Waals surface area contributed by atoms with Crippen molar-refractivity contribution in [2.24, 2.45) is 0 Å². The number of carbonyl (C=O) groups excluding carboxylic acids is 1. The van der Waals surface area contributed by atoms with Crippen molar-refractivity contribution in [2.45, 2.75) is 30.8 Å². The second kappa shape index (κ2) is 7.30. The number of rotatable bonds is 3. The number of nitrogens with zero attached hydrogens (tertiary/aromatic N) is 3. The molecule has 0 aliphatic carbocycles. The van der Waals surface area contributed by atoms with Gasteiger partial charge in [0.15, 0.2) is 11.4 Å². The fraction of sp³-hybridized carbons (Fsp3) is 0.261. The molecule has 0 spiro atoms. The van der Waals surface area contributed by atoms with E-state index in [0.29, 0.717) is 18.5 Å². The number of hydrogen-bond acceptors (Lipinski definition) is 4. The van der Waals surface area contributed by atoms with Crippen molar-refractivity contribution in [3.05, 3.63) is 93.4 Å². The molecule has 0 bridgehead atoms. The maximum absolute atomic E-state index is 14.2. The van der Waals surface area contributed by atoms with Gasteiger partial charge >= 0.3 is 0 Å². The van der Waals surface area contributed by atoms with Crippen molar-refractivity contribution < 1.29 is 18.7 Å². The Hall–Kier alpha value is -3.55. The number of aromatic nitrogens is 2. The van der Waals surface area contributed by atoms with E-state index in [1.807, 2.05) is 30.3 Å². The molecule has 2 aliphatic rings. The zero-order valence-electron chi connectivity index (χ0n) is 16.4. The standard InChI is InChI=1S/C23H19F2N3O3/c24-15-9-14(10-16(25)11-15)19(13-5-2-1-3-6-13)20-17-7-4-8-27(17)23(31)21-22(30)18(29)12-26-28(20)21/h1-3,5-6,9-12,17,19-20,30H,4,7-8H2/t17-,19+,20-/m1/s1. The Balaban J connectivity index is 1.79. The Morgan fingerprint density at radius 1 is 1.03 bits per heavy atom. The third-order valence-corrected chi connectivity index (χ3v) is 6.17. The summed E-state index contributed by atoms with van der Waals surface area (Å²) in [4.78, 5) is 26.7. The summed E-state index contributed by atoms with van der Waals surface area (Å²) in [6.45, 7) is 0.474. The van der Waals surface area contributed by atoms with Crippen molar-refractivity contribution in [2.75, 3.05) is 6.54 Å². The smallest absolute Gasteiger partial charge is 0.276 e. The molecule has 1 N–H and O–H groups in total. The normalized spacial score (nSPS) is 21.0. The summed E-state index contributed by atoms with van der Waals surface area (Å²) in [6.07, 6.45) is 2.38. The molecule has 5 rings (SSSR count). The molecular formula is C23H19F2N3O3. The lowest BCUT2D eigenvalue weighted by Gasteiger charge is -2.42. The van der Waals surface area contributed by atoms with Crippen molar-refractivity contribution in [1.29, 1.82) is 0 Å². The van der Waals surface area contributed by atoms with Gasteiger partial charge in [0, 0.05) is 18.5 Å². The third kappa shape index (κ3) is 3.10. The summed E-state index contributed by atoms with van der Waals surface area (Å²) in [5, 5.41) is 14.6. The van der Waals surface area contributed by atoms with Crippen LogP contribution in [0.25, 0.3) is 0 Å². The molecule has 0 unspecified atom stereocenters. The predicted molar refractivity (Wildman–Crippen MR) is 108 cm³/mol. The van der Waals surface area contributed by atoms with Crippen molar-refractivity contribution in [3.8, 4) is 5.75 Å². The Morgan fingerprint density at radius 3 is 2.45 bits per heavy atom. The topological polar surface area (TPSA) is 75.4 Å². The average molecular weight is 423 g/mol. The lowest BCUT2D eigenvalue weighted by Crippen LogP contribution is -2.50. The van der Waals surface area contributed by atoms with E-state index < -0.39 is 40.7 Å². The maximum atomic E-state index is 14.2. The minimum absolute atomic E-state index is 0.187. The summed E-state index contributed by atoms with van der Waals surface area (Å²) in [7, 11) is 0. The Morgan fingerprint density at radius 2 is 1.74 bits per heavy atom. The molecule has 2 aliphatic heterocycles. The van der Waals surface area contributed by atoms with E-state index in [0.717, 1.165) is 24.2 Å². The van der Waals surface area contributed by atoms with E-state index in [4.69, 9.17) is 0 Å². The maximum Gasteiger partial charge on any atom is 0.276 e. The highest BCUT2D eigenvalue weighted by Crippen LogP contribution is 2.45. The van der Waals surface area contributed by atoms with E-state index in [1.165, 1.54) is 16.8 Å². The van der Waals surface area contributed by atoms with E-state index >= 15 is 0 Å². The van der Waals surface area contributed by atoms with Gasteiger partial charge in [0.05, 0.1) is 18.3 Å². The minimum Gasteiger partial charge on any atom is -0.502 e. The van der Waals surface area contributed by atoms with Crippen LogP contribution in [0.4, 0.5) is 8.78 Å². The van der Waals surface area contributed by atoms with Gasteiger partial charge in [-0.05, 0) is 36.1 Å². The average Bonchev–Trinajstić information content (AvgIpc) is 3.23. The van der Waals surface area contributed by atoms with E-state index in [-0.39, 0.29) is 11.7 Å². The van der Waals surface area contributed by atoms with E-state index in [2.05, 4.69) is 5.10 Å². The van der Waals surface area contributed by atoms with Gasteiger partial charge in [-0.2, -0.15) is 5.10 Å². The van der Waals surface area contributed by atoms with Gasteiger partial charge in [-0.1, -0.05) is 30.3 Å². The monoisotopic (exact) mass is 423 g/mol. The first-order valence-corrected chi connectivity index (χ1v) is 10.1.